The van der Waals surface area contributed by atoms with Crippen LogP contribution in [0.1, 0.15) is 29.0 Å². The van der Waals surface area contributed by atoms with Crippen molar-refractivity contribution in [2.24, 2.45) is 5.73 Å². The van der Waals surface area contributed by atoms with Crippen molar-refractivity contribution in [3.05, 3.63) is 60.7 Å². The average Bonchev–Trinajstić information content (AvgIpc) is 3.58. The summed E-state index contributed by atoms with van der Waals surface area (Å²) in [5, 5.41) is 5.70. The number of nitrogens with one attached hydrogen (secondary N) is 1. The molecule has 13 heteroatoms. The molecule has 198 valence electrons. The summed E-state index contributed by atoms with van der Waals surface area (Å²) >= 11 is 0. The lowest BCUT2D eigenvalue weighted by atomic mass is 9.86. The Morgan fingerprint density at radius 3 is 2.58 bits per heavy atom. The molecule has 0 atom stereocenters. The van der Waals surface area contributed by atoms with Crippen molar-refractivity contribution < 1.29 is 18.0 Å². The van der Waals surface area contributed by atoms with E-state index in [2.05, 4.69) is 29.9 Å². The number of alkyl halides is 3. The van der Waals surface area contributed by atoms with Crippen LogP contribution in [0, 0.1) is 0 Å². The largest absolute Gasteiger partial charge is 0.434 e. The molecule has 6 rings (SSSR count). The number of fused-ring (bicyclic) bond motifs is 1. The molecule has 2 fully saturated rings. The summed E-state index contributed by atoms with van der Waals surface area (Å²) in [5.41, 5.74) is 7.63. The minimum atomic E-state index is -4.59. The van der Waals surface area contributed by atoms with Gasteiger partial charge in [0, 0.05) is 68.3 Å². The van der Waals surface area contributed by atoms with Crippen molar-refractivity contribution in [3.63, 3.8) is 0 Å². The maximum atomic E-state index is 12.7. The highest BCUT2D eigenvalue weighted by Gasteiger charge is 2.47. The molecule has 1 amide bonds. The molecule has 0 aromatic carbocycles. The third-order valence-corrected chi connectivity index (χ3v) is 7.64. The van der Waals surface area contributed by atoms with Gasteiger partial charge in [-0.25, -0.2) is 15.0 Å². The number of carbonyl (C=O) groups is 1. The monoisotopic (exact) mass is 525 g/mol. The van der Waals surface area contributed by atoms with Gasteiger partial charge in [0.1, 0.15) is 16.9 Å². The molecule has 6 heterocycles. The predicted molar refractivity (Wildman–Crippen MR) is 132 cm³/mol. The Balaban J connectivity index is 1.08. The third-order valence-electron chi connectivity index (χ3n) is 7.64. The van der Waals surface area contributed by atoms with Gasteiger partial charge in [0.25, 0.3) is 5.91 Å². The first-order valence-electron chi connectivity index (χ1n) is 12.4. The Labute approximate surface area is 215 Å². The van der Waals surface area contributed by atoms with Crippen LogP contribution < -0.4 is 5.73 Å². The lowest BCUT2D eigenvalue weighted by molar-refractivity contribution is -0.141. The van der Waals surface area contributed by atoms with Gasteiger partial charge in [0.05, 0.1) is 18.6 Å². The highest BCUT2D eigenvalue weighted by atomic mass is 19.4. The van der Waals surface area contributed by atoms with Gasteiger partial charge in [0.15, 0.2) is 5.69 Å². The minimum Gasteiger partial charge on any atom is -0.346 e. The van der Waals surface area contributed by atoms with Crippen LogP contribution in [-0.4, -0.2) is 84.2 Å². The van der Waals surface area contributed by atoms with Crippen molar-refractivity contribution in [1.29, 1.82) is 0 Å². The number of likely N-dealkylation sites (tertiary alicyclic amines) is 2. The molecule has 38 heavy (non-hydrogen) atoms. The van der Waals surface area contributed by atoms with Crippen molar-refractivity contribution in [3.8, 4) is 11.1 Å². The quantitative estimate of drug-likeness (QED) is 0.411. The lowest BCUT2D eigenvalue weighted by Crippen LogP contribution is -2.69. The van der Waals surface area contributed by atoms with Crippen LogP contribution >= 0.6 is 0 Å². The predicted octanol–water partition coefficient (Wildman–Crippen LogP) is 2.51. The topological polar surface area (TPSA) is 122 Å². The van der Waals surface area contributed by atoms with Crippen LogP contribution in [-0.2, 0) is 11.7 Å². The van der Waals surface area contributed by atoms with E-state index in [1.54, 1.807) is 11.1 Å². The first-order valence-corrected chi connectivity index (χ1v) is 12.4. The van der Waals surface area contributed by atoms with Gasteiger partial charge >= 0.3 is 6.18 Å². The highest BCUT2D eigenvalue weighted by Crippen LogP contribution is 2.35. The normalized spacial score (nSPS) is 18.6. The second-order valence-electron chi connectivity index (χ2n) is 9.91. The number of hydrogen-bond donors (Lipinski definition) is 2. The van der Waals surface area contributed by atoms with Crippen molar-refractivity contribution in [2.75, 3.05) is 32.7 Å². The molecule has 10 nitrogen and oxygen atoms in total. The molecule has 2 aliphatic heterocycles. The van der Waals surface area contributed by atoms with Crippen LogP contribution in [0.2, 0.25) is 0 Å². The molecule has 0 radical (unpaired) electrons. The Morgan fingerprint density at radius 2 is 1.89 bits per heavy atom. The minimum absolute atomic E-state index is 0.0804. The van der Waals surface area contributed by atoms with Gasteiger partial charge in [-0.05, 0) is 30.5 Å². The van der Waals surface area contributed by atoms with Crippen LogP contribution in [0.5, 0.6) is 0 Å². The van der Waals surface area contributed by atoms with Crippen molar-refractivity contribution in [1.82, 2.24) is 39.5 Å². The zero-order valence-corrected chi connectivity index (χ0v) is 20.4. The summed E-state index contributed by atoms with van der Waals surface area (Å²) in [5.74, 6) is -0.402. The summed E-state index contributed by atoms with van der Waals surface area (Å²) in [6.45, 7) is 2.95. The fourth-order valence-electron chi connectivity index (χ4n) is 5.45. The molecule has 2 saturated heterocycles. The van der Waals surface area contributed by atoms with Gasteiger partial charge in [-0.15, -0.1) is 0 Å². The van der Waals surface area contributed by atoms with E-state index in [4.69, 9.17) is 5.73 Å². The Morgan fingerprint density at radius 1 is 1.11 bits per heavy atom. The van der Waals surface area contributed by atoms with E-state index in [9.17, 15) is 18.0 Å². The van der Waals surface area contributed by atoms with Gasteiger partial charge < -0.3 is 15.6 Å². The van der Waals surface area contributed by atoms with E-state index < -0.39 is 17.8 Å². The molecule has 4 aromatic rings. The first-order chi connectivity index (χ1) is 18.3. The lowest BCUT2D eigenvalue weighted by Gasteiger charge is -2.54. The maximum Gasteiger partial charge on any atom is 0.434 e. The molecule has 0 unspecified atom stereocenters. The maximum absolute atomic E-state index is 12.7. The fraction of sp³-hybridized carbons (Fsp3) is 0.400. The molecule has 4 aromatic heterocycles. The number of aromatic nitrogens is 6. The Hall–Kier alpha value is -3.84. The summed E-state index contributed by atoms with van der Waals surface area (Å²) in [6.07, 6.45) is 5.96. The smallest absolute Gasteiger partial charge is 0.346 e. The van der Waals surface area contributed by atoms with Crippen LogP contribution in [0.3, 0.4) is 0 Å². The third kappa shape index (κ3) is 4.21. The highest BCUT2D eigenvalue weighted by molar-refractivity contribution is 5.92. The van der Waals surface area contributed by atoms with E-state index in [0.29, 0.717) is 25.8 Å². The van der Waals surface area contributed by atoms with E-state index in [1.165, 1.54) is 0 Å². The molecule has 0 aliphatic carbocycles. The number of halogens is 3. The molecule has 0 saturated carbocycles. The number of hydrogen-bond acceptors (Lipinski definition) is 7. The van der Waals surface area contributed by atoms with Crippen LogP contribution in [0.25, 0.3) is 22.2 Å². The Bertz CT molecular complexity index is 1450. The van der Waals surface area contributed by atoms with E-state index in [-0.39, 0.29) is 17.3 Å². The number of H-pyrrole nitrogens is 1. The van der Waals surface area contributed by atoms with Gasteiger partial charge in [-0.1, -0.05) is 0 Å². The molecule has 3 N–H and O–H groups in total. The number of rotatable bonds is 5. The number of aromatic amines is 1. The molecule has 2 aliphatic rings. The average molecular weight is 526 g/mol. The fourth-order valence-corrected chi connectivity index (χ4v) is 5.45. The Kier molecular flexibility index (Phi) is 5.91. The van der Waals surface area contributed by atoms with Crippen molar-refractivity contribution >= 4 is 16.9 Å². The molecule has 0 bridgehead atoms. The van der Waals surface area contributed by atoms with Crippen LogP contribution in [0.4, 0.5) is 13.2 Å². The number of nitrogens with two attached hydrogens (primary N) is 1. The number of pyridine rings is 1. The van der Waals surface area contributed by atoms with E-state index in [0.717, 1.165) is 54.3 Å². The molecular weight excluding hydrogens is 499 g/mol. The van der Waals surface area contributed by atoms with Gasteiger partial charge in [0.2, 0.25) is 0 Å². The number of amides is 1. The second-order valence-corrected chi connectivity index (χ2v) is 9.91. The van der Waals surface area contributed by atoms with Gasteiger partial charge in [-0.3, -0.25) is 14.4 Å². The van der Waals surface area contributed by atoms with Crippen LogP contribution in [0.15, 0.2) is 49.3 Å². The summed E-state index contributed by atoms with van der Waals surface area (Å²) < 4.78 is 40.1. The van der Waals surface area contributed by atoms with Gasteiger partial charge in [-0.2, -0.15) is 18.3 Å². The second kappa shape index (κ2) is 9.17. The van der Waals surface area contributed by atoms with E-state index >= 15 is 0 Å². The van der Waals surface area contributed by atoms with E-state index in [1.807, 2.05) is 35.4 Å². The zero-order chi connectivity index (χ0) is 26.5. The number of carbonyl (C=O) groups excluding carboxylic acids is 1. The molecular formula is C25H26F3N9O. The summed E-state index contributed by atoms with van der Waals surface area (Å²) in [4.78, 5) is 31.2. The summed E-state index contributed by atoms with van der Waals surface area (Å²) in [7, 11) is 0. The number of piperidine rings is 1. The standard InChI is InChI=1S/C25H26F3N9O/c26-25(27,28)21-11-32-20(10-33-21)23(38)35-7-3-17(4-8-35)36-14-24(13-29,15-36)37-12-16(9-34-37)18-1-5-30-22-19(18)2-6-31-22/h1-2,5-6,9-12,17H,3-4,7-8,13-15,29H2,(H,30,31). The molecule has 0 spiro atoms. The summed E-state index contributed by atoms with van der Waals surface area (Å²) in [6, 6.07) is 4.26. The zero-order valence-electron chi connectivity index (χ0n) is 20.4. The first kappa shape index (κ1) is 24.5. The number of nitrogens with zero attached hydrogens (tertiary/aromatic N) is 7. The SMILES string of the molecule is NCC1(n2cc(-c3ccnc4[nH]ccc34)cn2)CN(C2CCN(C(=O)c3cnc(C(F)(F)F)cn3)CC2)C1. The van der Waals surface area contributed by atoms with Crippen molar-refractivity contribution in [2.45, 2.75) is 30.6 Å².